The van der Waals surface area contributed by atoms with Gasteiger partial charge in [-0.25, -0.2) is 4.79 Å². The fourth-order valence-corrected chi connectivity index (χ4v) is 3.01. The first-order valence-electron chi connectivity index (χ1n) is 8.01. The number of nitrogens with one attached hydrogen (secondary N) is 1. The Kier molecular flexibility index (Phi) is 4.66. The van der Waals surface area contributed by atoms with Gasteiger partial charge in [0.1, 0.15) is 5.69 Å². The second kappa shape index (κ2) is 6.88. The molecule has 1 amide bonds. The van der Waals surface area contributed by atoms with Crippen LogP contribution < -0.4 is 15.8 Å². The van der Waals surface area contributed by atoms with Crippen LogP contribution in [0.25, 0.3) is 11.0 Å². The van der Waals surface area contributed by atoms with E-state index in [1.54, 1.807) is 6.07 Å². The van der Waals surface area contributed by atoms with Gasteiger partial charge in [0.15, 0.2) is 5.58 Å². The van der Waals surface area contributed by atoms with E-state index in [0.717, 1.165) is 43.8 Å². The van der Waals surface area contributed by atoms with Crippen molar-refractivity contribution in [3.05, 3.63) is 47.3 Å². The summed E-state index contributed by atoms with van der Waals surface area (Å²) < 4.78 is 5.51. The summed E-state index contributed by atoms with van der Waals surface area (Å²) in [6.45, 7) is 9.64. The zero-order valence-corrected chi connectivity index (χ0v) is 13.7. The van der Waals surface area contributed by atoms with Crippen molar-refractivity contribution in [1.29, 1.82) is 0 Å². The van der Waals surface area contributed by atoms with Crippen molar-refractivity contribution >= 4 is 28.3 Å². The molecule has 1 aliphatic heterocycles. The summed E-state index contributed by atoms with van der Waals surface area (Å²) in [5, 5.41) is 3.30. The van der Waals surface area contributed by atoms with Crippen LogP contribution in [0.5, 0.6) is 0 Å². The lowest BCUT2D eigenvalue weighted by molar-refractivity contribution is -0.114. The molecule has 0 unspecified atom stereocenters. The zero-order valence-electron chi connectivity index (χ0n) is 13.7. The molecule has 1 aromatic carbocycles. The van der Waals surface area contributed by atoms with Gasteiger partial charge in [0.25, 0.3) is 0 Å². The molecule has 1 saturated heterocycles. The number of fused-ring (bicyclic) bond motifs is 1. The van der Waals surface area contributed by atoms with E-state index in [4.69, 9.17) is 4.42 Å². The van der Waals surface area contributed by atoms with Gasteiger partial charge in [-0.2, -0.15) is 0 Å². The minimum absolute atomic E-state index is 0.169. The Morgan fingerprint density at radius 2 is 2.08 bits per heavy atom. The van der Waals surface area contributed by atoms with E-state index in [1.807, 2.05) is 24.3 Å². The Morgan fingerprint density at radius 3 is 2.75 bits per heavy atom. The Labute approximate surface area is 140 Å². The molecule has 0 atom stereocenters. The van der Waals surface area contributed by atoms with Crippen LogP contribution in [0, 0.1) is 0 Å². The van der Waals surface area contributed by atoms with Crippen LogP contribution in [0.1, 0.15) is 6.92 Å². The first kappa shape index (κ1) is 16.3. The summed E-state index contributed by atoms with van der Waals surface area (Å²) in [6, 6.07) is 7.44. The van der Waals surface area contributed by atoms with Crippen molar-refractivity contribution in [1.82, 2.24) is 4.90 Å². The van der Waals surface area contributed by atoms with Gasteiger partial charge in [-0.05, 0) is 12.1 Å². The molecule has 0 aliphatic carbocycles. The van der Waals surface area contributed by atoms with Crippen LogP contribution in [0.4, 0.5) is 11.4 Å². The normalized spacial score (nSPS) is 15.5. The molecule has 126 valence electrons. The molecule has 24 heavy (non-hydrogen) atoms. The number of amides is 1. The van der Waals surface area contributed by atoms with Crippen molar-refractivity contribution in [2.24, 2.45) is 0 Å². The summed E-state index contributed by atoms with van der Waals surface area (Å²) in [5.41, 5.74) is 1.12. The minimum Gasteiger partial charge on any atom is -0.419 e. The third kappa shape index (κ3) is 3.33. The van der Waals surface area contributed by atoms with Gasteiger partial charge in [0.05, 0.1) is 5.69 Å². The van der Waals surface area contributed by atoms with Crippen molar-refractivity contribution in [2.45, 2.75) is 6.92 Å². The van der Waals surface area contributed by atoms with Gasteiger partial charge in [-0.3, -0.25) is 9.69 Å². The fourth-order valence-electron chi connectivity index (χ4n) is 3.01. The number of nitrogens with zero attached hydrogens (tertiary/aromatic N) is 2. The van der Waals surface area contributed by atoms with Crippen LogP contribution in [0.3, 0.4) is 0 Å². The van der Waals surface area contributed by atoms with Crippen molar-refractivity contribution in [3.63, 3.8) is 0 Å². The highest BCUT2D eigenvalue weighted by molar-refractivity contribution is 5.94. The van der Waals surface area contributed by atoms with Crippen LogP contribution in [-0.4, -0.2) is 43.5 Å². The summed E-state index contributed by atoms with van der Waals surface area (Å²) in [5.74, 6) is -0.295. The number of anilines is 2. The highest BCUT2D eigenvalue weighted by Gasteiger charge is 2.19. The average molecular weight is 327 g/mol. The molecule has 1 N–H and O–H groups in total. The fraction of sp³-hybridized carbons (Fsp3) is 0.333. The minimum atomic E-state index is -0.532. The van der Waals surface area contributed by atoms with Gasteiger partial charge in [0.2, 0.25) is 5.91 Å². The first-order chi connectivity index (χ1) is 11.6. The van der Waals surface area contributed by atoms with Crippen molar-refractivity contribution in [3.8, 4) is 0 Å². The lowest BCUT2D eigenvalue weighted by Crippen LogP contribution is -2.46. The number of carbonyl (C=O) groups is 1. The topological polar surface area (TPSA) is 65.8 Å². The Balaban J connectivity index is 1.92. The number of piperazine rings is 1. The summed E-state index contributed by atoms with van der Waals surface area (Å²) in [4.78, 5) is 27.9. The number of benzene rings is 1. The largest absolute Gasteiger partial charge is 0.419 e. The molecule has 0 radical (unpaired) electrons. The van der Waals surface area contributed by atoms with E-state index >= 15 is 0 Å². The van der Waals surface area contributed by atoms with E-state index in [1.165, 1.54) is 6.92 Å². The maximum Gasteiger partial charge on any atom is 0.360 e. The smallest absolute Gasteiger partial charge is 0.360 e. The Morgan fingerprint density at radius 1 is 1.33 bits per heavy atom. The molecule has 2 aromatic rings. The van der Waals surface area contributed by atoms with Crippen LogP contribution in [0.15, 0.2) is 46.1 Å². The monoisotopic (exact) mass is 327 g/mol. The Hall–Kier alpha value is -2.60. The number of hydrogen-bond acceptors (Lipinski definition) is 5. The standard InChI is InChI=1S/C18H21N3O3/c1-3-7-20-8-10-21(11-9-20)16-6-4-5-14-12-15(19-13(2)22)18(23)24-17(14)16/h3-6,12H,1,7-11H2,2H3,(H,19,22). The lowest BCUT2D eigenvalue weighted by atomic mass is 10.1. The maximum atomic E-state index is 12.1. The zero-order chi connectivity index (χ0) is 17.1. The second-order valence-electron chi connectivity index (χ2n) is 5.90. The quantitative estimate of drug-likeness (QED) is 0.688. The van der Waals surface area contributed by atoms with Gasteiger partial charge < -0.3 is 14.6 Å². The molecular formula is C18H21N3O3. The van der Waals surface area contributed by atoms with E-state index in [0.29, 0.717) is 5.58 Å². The van der Waals surface area contributed by atoms with E-state index in [2.05, 4.69) is 21.7 Å². The molecule has 0 saturated carbocycles. The molecule has 0 bridgehead atoms. The van der Waals surface area contributed by atoms with Crippen molar-refractivity contribution < 1.29 is 9.21 Å². The predicted octanol–water partition coefficient (Wildman–Crippen LogP) is 2.06. The number of carbonyl (C=O) groups excluding carboxylic acids is 1. The summed E-state index contributed by atoms with van der Waals surface area (Å²) in [7, 11) is 0. The summed E-state index contributed by atoms with van der Waals surface area (Å²) in [6.07, 6.45) is 1.91. The third-order valence-electron chi connectivity index (χ3n) is 4.15. The van der Waals surface area contributed by atoms with Gasteiger partial charge >= 0.3 is 5.63 Å². The van der Waals surface area contributed by atoms with Crippen molar-refractivity contribution in [2.75, 3.05) is 42.9 Å². The summed E-state index contributed by atoms with van der Waals surface area (Å²) >= 11 is 0. The molecule has 1 fully saturated rings. The van der Waals surface area contributed by atoms with Gasteiger partial charge in [-0.15, -0.1) is 6.58 Å². The molecule has 3 rings (SSSR count). The van der Waals surface area contributed by atoms with E-state index in [-0.39, 0.29) is 11.6 Å². The van der Waals surface area contributed by atoms with Gasteiger partial charge in [0, 0.05) is 45.0 Å². The number of para-hydroxylation sites is 1. The molecular weight excluding hydrogens is 306 g/mol. The highest BCUT2D eigenvalue weighted by atomic mass is 16.4. The SMILES string of the molecule is C=CCN1CCN(c2cccc3cc(NC(C)=O)c(=O)oc23)CC1. The number of hydrogen-bond donors (Lipinski definition) is 1. The molecule has 0 spiro atoms. The van der Waals surface area contributed by atoms with Crippen LogP contribution in [-0.2, 0) is 4.79 Å². The van der Waals surface area contributed by atoms with Crippen LogP contribution in [0.2, 0.25) is 0 Å². The molecule has 2 heterocycles. The predicted molar refractivity (Wildman–Crippen MR) is 95.6 cm³/mol. The first-order valence-corrected chi connectivity index (χ1v) is 8.01. The van der Waals surface area contributed by atoms with E-state index < -0.39 is 5.63 Å². The molecule has 6 nitrogen and oxygen atoms in total. The molecule has 1 aromatic heterocycles. The van der Waals surface area contributed by atoms with Gasteiger partial charge in [-0.1, -0.05) is 18.2 Å². The molecule has 6 heteroatoms. The average Bonchev–Trinajstić information content (AvgIpc) is 2.56. The highest BCUT2D eigenvalue weighted by Crippen LogP contribution is 2.28. The number of rotatable bonds is 4. The van der Waals surface area contributed by atoms with Crippen LogP contribution >= 0.6 is 0 Å². The lowest BCUT2D eigenvalue weighted by Gasteiger charge is -2.35. The maximum absolute atomic E-state index is 12.1. The second-order valence-corrected chi connectivity index (χ2v) is 5.90. The molecule has 1 aliphatic rings. The third-order valence-corrected chi connectivity index (χ3v) is 4.15. The van der Waals surface area contributed by atoms with E-state index in [9.17, 15) is 9.59 Å². The Bertz CT molecular complexity index is 820.